The molecular weight excluding hydrogens is 428 g/mol. The maximum absolute atomic E-state index is 12.7. The van der Waals surface area contributed by atoms with E-state index in [-0.39, 0.29) is 12.5 Å². The third-order valence-corrected chi connectivity index (χ3v) is 6.59. The lowest BCUT2D eigenvalue weighted by Crippen LogP contribution is -2.08. The molecule has 1 aliphatic rings. The number of hydrogen-bond acceptors (Lipinski definition) is 7. The van der Waals surface area contributed by atoms with Crippen molar-refractivity contribution in [1.82, 2.24) is 4.98 Å². The van der Waals surface area contributed by atoms with Crippen molar-refractivity contribution in [1.29, 1.82) is 0 Å². The lowest BCUT2D eigenvalue weighted by Gasteiger charge is -2.11. The van der Waals surface area contributed by atoms with Crippen LogP contribution in [0.2, 0.25) is 0 Å². The van der Waals surface area contributed by atoms with E-state index in [0.717, 1.165) is 64.9 Å². The van der Waals surface area contributed by atoms with E-state index in [2.05, 4.69) is 10.3 Å². The number of hydrogen-bond donors (Lipinski definition) is 1. The Hall–Kier alpha value is -3.13. The molecule has 0 aliphatic heterocycles. The number of nitrogens with one attached hydrogen (secondary N) is 1. The molecule has 8 heteroatoms. The summed E-state index contributed by atoms with van der Waals surface area (Å²) in [7, 11) is 1.61. The van der Waals surface area contributed by atoms with E-state index < -0.39 is 5.97 Å². The van der Waals surface area contributed by atoms with Crippen LogP contribution in [0.1, 0.15) is 58.9 Å². The minimum atomic E-state index is -0.434. The van der Waals surface area contributed by atoms with E-state index in [1.807, 2.05) is 19.1 Å². The van der Waals surface area contributed by atoms with Gasteiger partial charge in [0, 0.05) is 35.1 Å². The Morgan fingerprint density at radius 1 is 1.28 bits per heavy atom. The van der Waals surface area contributed by atoms with E-state index in [1.165, 1.54) is 11.6 Å². The minimum absolute atomic E-state index is 0.284. The SMILES string of the molecule is CCOC(=O)c1sc(NC(=O)/C=C(\C)c2cc3c4c(oc3cc2OC)CCCC4)nc1C. The van der Waals surface area contributed by atoms with Crippen LogP contribution in [0.15, 0.2) is 22.6 Å². The fourth-order valence-electron chi connectivity index (χ4n) is 4.02. The number of thiazole rings is 1. The summed E-state index contributed by atoms with van der Waals surface area (Å²) in [5.74, 6) is 0.945. The summed E-state index contributed by atoms with van der Waals surface area (Å²) in [6, 6.07) is 3.95. The number of esters is 1. The second kappa shape index (κ2) is 9.16. The molecule has 3 aromatic rings. The largest absolute Gasteiger partial charge is 0.496 e. The molecule has 1 aromatic carbocycles. The van der Waals surface area contributed by atoms with Crippen LogP contribution in [0.25, 0.3) is 16.5 Å². The molecule has 0 unspecified atom stereocenters. The molecule has 7 nitrogen and oxygen atoms in total. The molecule has 1 N–H and O–H groups in total. The number of fused-ring (bicyclic) bond motifs is 3. The van der Waals surface area contributed by atoms with Crippen molar-refractivity contribution in [3.8, 4) is 5.75 Å². The van der Waals surface area contributed by atoms with Crippen molar-refractivity contribution in [3.05, 3.63) is 45.7 Å². The van der Waals surface area contributed by atoms with Crippen LogP contribution in [0.4, 0.5) is 5.13 Å². The van der Waals surface area contributed by atoms with E-state index in [4.69, 9.17) is 13.9 Å². The van der Waals surface area contributed by atoms with Gasteiger partial charge >= 0.3 is 5.97 Å². The summed E-state index contributed by atoms with van der Waals surface area (Å²) in [6.45, 7) is 5.61. The Labute approximate surface area is 190 Å². The molecule has 0 bridgehead atoms. The van der Waals surface area contributed by atoms with Gasteiger partial charge in [-0.05, 0) is 51.7 Å². The van der Waals surface area contributed by atoms with Crippen molar-refractivity contribution in [3.63, 3.8) is 0 Å². The highest BCUT2D eigenvalue weighted by Gasteiger charge is 2.21. The summed E-state index contributed by atoms with van der Waals surface area (Å²) in [6.07, 6.45) is 5.77. The van der Waals surface area contributed by atoms with Gasteiger partial charge in [0.1, 0.15) is 22.0 Å². The number of aryl methyl sites for hydroxylation is 3. The fraction of sp³-hybridized carbons (Fsp3) is 0.375. The van der Waals surface area contributed by atoms with Crippen molar-refractivity contribution in [2.24, 2.45) is 0 Å². The molecular formula is C24H26N2O5S. The third-order valence-electron chi connectivity index (χ3n) is 5.54. The van der Waals surface area contributed by atoms with Crippen LogP contribution in [0.3, 0.4) is 0 Å². The van der Waals surface area contributed by atoms with Gasteiger partial charge < -0.3 is 13.9 Å². The topological polar surface area (TPSA) is 90.7 Å². The smallest absolute Gasteiger partial charge is 0.350 e. The molecule has 0 spiro atoms. The Morgan fingerprint density at radius 2 is 2.06 bits per heavy atom. The first-order chi connectivity index (χ1) is 15.4. The van der Waals surface area contributed by atoms with Crippen molar-refractivity contribution in [2.75, 3.05) is 19.0 Å². The Kier molecular flexibility index (Phi) is 6.32. The monoisotopic (exact) mass is 454 g/mol. The van der Waals surface area contributed by atoms with Crippen molar-refractivity contribution >= 4 is 44.9 Å². The summed E-state index contributed by atoms with van der Waals surface area (Å²) >= 11 is 1.10. The molecule has 0 saturated heterocycles. The van der Waals surface area contributed by atoms with Gasteiger partial charge in [-0.2, -0.15) is 0 Å². The Morgan fingerprint density at radius 3 is 2.81 bits per heavy atom. The molecule has 0 fully saturated rings. The molecule has 0 atom stereocenters. The van der Waals surface area contributed by atoms with Crippen LogP contribution in [0.5, 0.6) is 5.75 Å². The number of anilines is 1. The molecule has 32 heavy (non-hydrogen) atoms. The Bertz CT molecular complexity index is 1220. The van der Waals surface area contributed by atoms with E-state index in [0.29, 0.717) is 21.5 Å². The van der Waals surface area contributed by atoms with E-state index in [1.54, 1.807) is 21.0 Å². The second-order valence-corrected chi connectivity index (χ2v) is 8.73. The number of furan rings is 1. The molecule has 2 heterocycles. The number of amides is 1. The number of allylic oxidation sites excluding steroid dienone is 1. The number of nitrogens with zero attached hydrogens (tertiary/aromatic N) is 1. The molecule has 2 aromatic heterocycles. The van der Waals surface area contributed by atoms with Crippen LogP contribution < -0.4 is 10.1 Å². The van der Waals surface area contributed by atoms with Gasteiger partial charge in [0.05, 0.1) is 19.4 Å². The number of carbonyl (C=O) groups is 2. The number of aromatic nitrogens is 1. The normalized spacial score (nSPS) is 13.7. The van der Waals surface area contributed by atoms with Crippen molar-refractivity contribution in [2.45, 2.75) is 46.5 Å². The first kappa shape index (κ1) is 22.1. The zero-order valence-electron chi connectivity index (χ0n) is 18.7. The molecule has 168 valence electrons. The summed E-state index contributed by atoms with van der Waals surface area (Å²) < 4.78 is 16.7. The van der Waals surface area contributed by atoms with Crippen LogP contribution in [-0.2, 0) is 22.4 Å². The molecule has 1 aliphatic carbocycles. The minimum Gasteiger partial charge on any atom is -0.496 e. The lowest BCUT2D eigenvalue weighted by molar-refractivity contribution is -0.111. The number of carbonyl (C=O) groups excluding carboxylic acids is 2. The summed E-state index contributed by atoms with van der Waals surface area (Å²) in [4.78, 5) is 29.3. The molecule has 0 saturated carbocycles. The predicted octanol–water partition coefficient (Wildman–Crippen LogP) is 5.30. The predicted molar refractivity (Wildman–Crippen MR) is 124 cm³/mol. The fourth-order valence-corrected chi connectivity index (χ4v) is 4.88. The van der Waals surface area contributed by atoms with Gasteiger partial charge in [0.25, 0.3) is 0 Å². The highest BCUT2D eigenvalue weighted by Crippen LogP contribution is 2.38. The maximum atomic E-state index is 12.7. The second-order valence-electron chi connectivity index (χ2n) is 7.73. The maximum Gasteiger partial charge on any atom is 0.350 e. The van der Waals surface area contributed by atoms with Gasteiger partial charge in [-0.25, -0.2) is 9.78 Å². The summed E-state index contributed by atoms with van der Waals surface area (Å²) in [5, 5.41) is 4.18. The van der Waals surface area contributed by atoms with Crippen molar-refractivity contribution < 1.29 is 23.5 Å². The van der Waals surface area contributed by atoms with Gasteiger partial charge in [0.2, 0.25) is 5.91 Å². The third kappa shape index (κ3) is 4.27. The first-order valence-corrected chi connectivity index (χ1v) is 11.5. The standard InChI is InChI=1S/C24H26N2O5S/c1-5-30-23(28)22-14(3)25-24(32-22)26-21(27)10-13(2)16-11-17-15-8-6-7-9-18(15)31-20(17)12-19(16)29-4/h10-12H,5-9H2,1-4H3,(H,25,26,27)/b13-10+. The van der Waals surface area contributed by atoms with Crippen LogP contribution in [-0.4, -0.2) is 30.6 Å². The van der Waals surface area contributed by atoms with Gasteiger partial charge in [0.15, 0.2) is 5.13 Å². The Balaban J connectivity index is 1.60. The number of methoxy groups -OCH3 is 1. The number of benzene rings is 1. The molecule has 4 rings (SSSR count). The van der Waals surface area contributed by atoms with Gasteiger partial charge in [-0.1, -0.05) is 11.3 Å². The van der Waals surface area contributed by atoms with Crippen LogP contribution >= 0.6 is 11.3 Å². The quantitative estimate of drug-likeness (QED) is 0.401. The first-order valence-electron chi connectivity index (χ1n) is 10.7. The highest BCUT2D eigenvalue weighted by atomic mass is 32.1. The highest BCUT2D eigenvalue weighted by molar-refractivity contribution is 7.17. The average molecular weight is 455 g/mol. The summed E-state index contributed by atoms with van der Waals surface area (Å²) in [5.41, 5.74) is 4.20. The van der Waals surface area contributed by atoms with E-state index in [9.17, 15) is 9.59 Å². The van der Waals surface area contributed by atoms with Crippen LogP contribution in [0, 0.1) is 6.92 Å². The van der Waals surface area contributed by atoms with E-state index >= 15 is 0 Å². The number of rotatable bonds is 6. The zero-order valence-corrected chi connectivity index (χ0v) is 19.5. The molecule has 1 amide bonds. The average Bonchev–Trinajstić information content (AvgIpc) is 3.32. The molecule has 0 radical (unpaired) electrons. The van der Waals surface area contributed by atoms with Gasteiger partial charge in [-0.3, -0.25) is 10.1 Å². The van der Waals surface area contributed by atoms with Gasteiger partial charge in [-0.15, -0.1) is 0 Å². The lowest BCUT2D eigenvalue weighted by atomic mass is 9.94. The zero-order chi connectivity index (χ0) is 22.8. The number of ether oxygens (including phenoxy) is 2.